The molecule has 1 rings (SSSR count). The van der Waals surface area contributed by atoms with E-state index >= 15 is 0 Å². The first-order valence-corrected chi connectivity index (χ1v) is 7.09. The molecule has 0 bridgehead atoms. The molecule has 1 amide bonds. The number of carbonyl (C=O) groups is 1. The molecule has 0 fully saturated rings. The average Bonchev–Trinajstić information content (AvgIpc) is 2.47. The summed E-state index contributed by atoms with van der Waals surface area (Å²) in [4.78, 5) is 11.4. The molecule has 1 unspecified atom stereocenters. The van der Waals surface area contributed by atoms with Crippen LogP contribution in [-0.4, -0.2) is 19.1 Å². The predicted molar refractivity (Wildman–Crippen MR) is 78.9 cm³/mol. The van der Waals surface area contributed by atoms with E-state index in [-0.39, 0.29) is 18.3 Å². The molecule has 1 N–H and O–H groups in total. The molecular formula is C15H22F3NO3. The predicted octanol–water partition coefficient (Wildman–Crippen LogP) is 5.21. The highest BCUT2D eigenvalue weighted by molar-refractivity contribution is 5.84. The van der Waals surface area contributed by atoms with Gasteiger partial charge >= 0.3 is 12.5 Å². The number of amides is 1. The van der Waals surface area contributed by atoms with Crippen LogP contribution in [0.4, 0.5) is 23.7 Å². The van der Waals surface area contributed by atoms with Crippen molar-refractivity contribution in [2.24, 2.45) is 5.92 Å². The van der Waals surface area contributed by atoms with E-state index in [1.54, 1.807) is 0 Å². The molecular weight excluding hydrogens is 299 g/mol. The number of nitrogens with one attached hydrogen (secondary N) is 1. The standard InChI is InChI=1S/C13H16F3NO3.C2H6/c1-3-9(2)8-19-12(18)17-10-4-6-11(7-5-10)20-13(14,15)16;1-2/h4-7,9H,3,8H2,1-2H3,(H,17,18);1-2H3. The van der Waals surface area contributed by atoms with Gasteiger partial charge in [-0.05, 0) is 30.2 Å². The van der Waals surface area contributed by atoms with Gasteiger partial charge < -0.3 is 9.47 Å². The second kappa shape index (κ2) is 9.92. The van der Waals surface area contributed by atoms with Crippen molar-refractivity contribution in [3.63, 3.8) is 0 Å². The molecule has 0 saturated heterocycles. The minimum Gasteiger partial charge on any atom is -0.449 e. The number of hydrogen-bond donors (Lipinski definition) is 1. The Morgan fingerprint density at radius 2 is 1.77 bits per heavy atom. The lowest BCUT2D eigenvalue weighted by molar-refractivity contribution is -0.274. The molecule has 0 radical (unpaired) electrons. The van der Waals surface area contributed by atoms with Crippen LogP contribution in [0.1, 0.15) is 34.1 Å². The number of halogens is 3. The largest absolute Gasteiger partial charge is 0.573 e. The summed E-state index contributed by atoms with van der Waals surface area (Å²) in [7, 11) is 0. The third-order valence-corrected chi connectivity index (χ3v) is 2.53. The van der Waals surface area contributed by atoms with Crippen molar-refractivity contribution in [2.45, 2.75) is 40.5 Å². The highest BCUT2D eigenvalue weighted by Gasteiger charge is 2.30. The van der Waals surface area contributed by atoms with Gasteiger partial charge in [0.25, 0.3) is 0 Å². The first-order valence-electron chi connectivity index (χ1n) is 7.09. The molecule has 0 aliphatic heterocycles. The Kier molecular flexibility index (Phi) is 9.05. The Balaban J connectivity index is 0.00000211. The van der Waals surface area contributed by atoms with Crippen molar-refractivity contribution >= 4 is 11.8 Å². The topological polar surface area (TPSA) is 47.6 Å². The summed E-state index contributed by atoms with van der Waals surface area (Å²) in [5.74, 6) is -0.0978. The number of alkyl halides is 3. The summed E-state index contributed by atoms with van der Waals surface area (Å²) >= 11 is 0. The third-order valence-electron chi connectivity index (χ3n) is 2.53. The molecule has 4 nitrogen and oxygen atoms in total. The van der Waals surface area contributed by atoms with Crippen LogP contribution in [0.2, 0.25) is 0 Å². The smallest absolute Gasteiger partial charge is 0.449 e. The quantitative estimate of drug-likeness (QED) is 0.810. The second-order valence-electron chi connectivity index (χ2n) is 4.31. The molecule has 0 aliphatic rings. The summed E-state index contributed by atoms with van der Waals surface area (Å²) in [6.45, 7) is 8.21. The number of anilines is 1. The molecule has 0 saturated carbocycles. The fourth-order valence-corrected chi connectivity index (χ4v) is 1.23. The molecule has 1 aromatic carbocycles. The van der Waals surface area contributed by atoms with Crippen molar-refractivity contribution in [3.05, 3.63) is 24.3 Å². The monoisotopic (exact) mass is 321 g/mol. The maximum Gasteiger partial charge on any atom is 0.573 e. The lowest BCUT2D eigenvalue weighted by Crippen LogP contribution is -2.18. The summed E-state index contributed by atoms with van der Waals surface area (Å²) in [5, 5.41) is 2.41. The minimum absolute atomic E-state index is 0.253. The number of carbonyl (C=O) groups excluding carboxylic acids is 1. The fraction of sp³-hybridized carbons (Fsp3) is 0.533. The first kappa shape index (κ1) is 20.1. The van der Waals surface area contributed by atoms with Gasteiger partial charge in [0.2, 0.25) is 0 Å². The van der Waals surface area contributed by atoms with E-state index in [1.165, 1.54) is 12.1 Å². The lowest BCUT2D eigenvalue weighted by Gasteiger charge is -2.11. The van der Waals surface area contributed by atoms with Crippen LogP contribution in [-0.2, 0) is 4.74 Å². The third kappa shape index (κ3) is 9.10. The Morgan fingerprint density at radius 3 is 2.23 bits per heavy atom. The van der Waals surface area contributed by atoms with Gasteiger partial charge in [0.1, 0.15) is 5.75 Å². The maximum absolute atomic E-state index is 11.9. The van der Waals surface area contributed by atoms with Gasteiger partial charge in [0, 0.05) is 5.69 Å². The zero-order valence-corrected chi connectivity index (χ0v) is 13.2. The second-order valence-corrected chi connectivity index (χ2v) is 4.31. The van der Waals surface area contributed by atoms with E-state index in [1.807, 2.05) is 27.7 Å². The number of hydrogen-bond acceptors (Lipinski definition) is 3. The molecule has 1 atom stereocenters. The molecule has 22 heavy (non-hydrogen) atoms. The Labute approximate surface area is 128 Å². The first-order chi connectivity index (χ1) is 10.3. The van der Waals surface area contributed by atoms with E-state index in [2.05, 4.69) is 10.1 Å². The van der Waals surface area contributed by atoms with Crippen molar-refractivity contribution in [2.75, 3.05) is 11.9 Å². The van der Waals surface area contributed by atoms with Crippen LogP contribution in [0, 0.1) is 5.92 Å². The van der Waals surface area contributed by atoms with Crippen LogP contribution in [0.5, 0.6) is 5.75 Å². The maximum atomic E-state index is 11.9. The Morgan fingerprint density at radius 1 is 1.23 bits per heavy atom. The van der Waals surface area contributed by atoms with Crippen LogP contribution in [0.25, 0.3) is 0 Å². The van der Waals surface area contributed by atoms with Gasteiger partial charge in [0.15, 0.2) is 0 Å². The van der Waals surface area contributed by atoms with Crippen LogP contribution >= 0.6 is 0 Å². The molecule has 7 heteroatoms. The highest BCUT2D eigenvalue weighted by atomic mass is 19.4. The van der Waals surface area contributed by atoms with Crippen molar-refractivity contribution in [1.82, 2.24) is 0 Å². The van der Waals surface area contributed by atoms with Crippen LogP contribution < -0.4 is 10.1 Å². The summed E-state index contributed by atoms with van der Waals surface area (Å²) in [6.07, 6.45) is -4.49. The van der Waals surface area contributed by atoms with Gasteiger partial charge in [0.05, 0.1) is 6.61 Å². The minimum atomic E-state index is -4.73. The Hall–Kier alpha value is -1.92. The number of rotatable bonds is 5. The van der Waals surface area contributed by atoms with E-state index < -0.39 is 12.5 Å². The van der Waals surface area contributed by atoms with E-state index in [9.17, 15) is 18.0 Å². The Bertz CT molecular complexity index is 433. The average molecular weight is 321 g/mol. The van der Waals surface area contributed by atoms with Crippen LogP contribution in [0.15, 0.2) is 24.3 Å². The molecule has 0 aromatic heterocycles. The van der Waals surface area contributed by atoms with Gasteiger partial charge in [-0.1, -0.05) is 34.1 Å². The van der Waals surface area contributed by atoms with Crippen LogP contribution in [0.3, 0.4) is 0 Å². The molecule has 126 valence electrons. The molecule has 0 heterocycles. The SMILES string of the molecule is CC.CCC(C)COC(=O)Nc1ccc(OC(F)(F)F)cc1. The van der Waals surface area contributed by atoms with Crippen molar-refractivity contribution in [3.8, 4) is 5.75 Å². The highest BCUT2D eigenvalue weighted by Crippen LogP contribution is 2.23. The summed E-state index contributed by atoms with van der Waals surface area (Å²) < 4.78 is 44.5. The van der Waals surface area contributed by atoms with Gasteiger partial charge in [-0.2, -0.15) is 0 Å². The zero-order valence-electron chi connectivity index (χ0n) is 13.2. The van der Waals surface area contributed by atoms with Gasteiger partial charge in [-0.3, -0.25) is 5.32 Å². The van der Waals surface area contributed by atoms with Gasteiger partial charge in [-0.25, -0.2) is 4.79 Å². The van der Waals surface area contributed by atoms with Gasteiger partial charge in [-0.15, -0.1) is 13.2 Å². The molecule has 0 aliphatic carbocycles. The van der Waals surface area contributed by atoms with E-state index in [0.717, 1.165) is 18.6 Å². The van der Waals surface area contributed by atoms with E-state index in [4.69, 9.17) is 4.74 Å². The summed E-state index contributed by atoms with van der Waals surface area (Å²) in [5.41, 5.74) is 0.327. The number of ether oxygens (including phenoxy) is 2. The van der Waals surface area contributed by atoms with Crippen molar-refractivity contribution in [1.29, 1.82) is 0 Å². The number of benzene rings is 1. The van der Waals surface area contributed by atoms with E-state index in [0.29, 0.717) is 5.69 Å². The molecule has 1 aromatic rings. The lowest BCUT2D eigenvalue weighted by atomic mass is 10.1. The molecule has 0 spiro atoms. The fourth-order valence-electron chi connectivity index (χ4n) is 1.23. The van der Waals surface area contributed by atoms with Crippen molar-refractivity contribution < 1.29 is 27.4 Å². The summed E-state index contributed by atoms with van der Waals surface area (Å²) in [6, 6.07) is 4.81. The zero-order chi connectivity index (χ0) is 17.2. The normalized spacial score (nSPS) is 11.8.